The second-order valence-corrected chi connectivity index (χ2v) is 16.6. The highest BCUT2D eigenvalue weighted by atomic mass is 14.8. The molecule has 0 fully saturated rings. The Morgan fingerprint density at radius 3 is 1.97 bits per heavy atom. The van der Waals surface area contributed by atoms with Gasteiger partial charge in [0.2, 0.25) is 0 Å². The Bertz CT molecular complexity index is 3220. The Morgan fingerprint density at radius 2 is 1.29 bits per heavy atom. The zero-order chi connectivity index (χ0) is 45.8. The largest absolute Gasteiger partial charge is 0.269 e. The molecule has 0 aromatic heterocycles. The molecule has 0 spiro atoms. The van der Waals surface area contributed by atoms with Gasteiger partial charge in [0.15, 0.2) is 0 Å². The van der Waals surface area contributed by atoms with Gasteiger partial charge in [0.05, 0.1) is 5.70 Å². The third kappa shape index (κ3) is 10.0. The van der Waals surface area contributed by atoms with Crippen LogP contribution in [0, 0.1) is 0 Å². The fourth-order valence-electron chi connectivity index (χ4n) is 8.77. The molecule has 0 atom stereocenters. The normalized spacial score (nSPS) is 14.7. The summed E-state index contributed by atoms with van der Waals surface area (Å²) in [6.45, 7) is 19.0. The number of benzene rings is 7. The molecule has 0 heterocycles. The summed E-state index contributed by atoms with van der Waals surface area (Å²) >= 11 is 0. The zero-order valence-electron chi connectivity index (χ0n) is 38.3. The number of fused-ring (bicyclic) bond motifs is 6. The number of rotatable bonds is 14. The predicted molar refractivity (Wildman–Crippen MR) is 290 cm³/mol. The molecule has 2 nitrogen and oxygen atoms in total. The zero-order valence-corrected chi connectivity index (χ0v) is 38.3. The molecule has 0 saturated carbocycles. The molecular weight excluding hydrogens is 797 g/mol. The highest BCUT2D eigenvalue weighted by Crippen LogP contribution is 2.38. The van der Waals surface area contributed by atoms with Crippen LogP contribution in [-0.4, -0.2) is 11.9 Å². The van der Waals surface area contributed by atoms with Crippen LogP contribution in [0.15, 0.2) is 253 Å². The van der Waals surface area contributed by atoms with E-state index in [1.165, 1.54) is 49.0 Å². The number of aliphatic imine (C=N–C) groups is 2. The Balaban J connectivity index is 1.14. The molecule has 0 radical (unpaired) electrons. The number of hydrogen-bond acceptors (Lipinski definition) is 2. The van der Waals surface area contributed by atoms with Crippen LogP contribution >= 0.6 is 0 Å². The molecule has 0 unspecified atom stereocenters. The van der Waals surface area contributed by atoms with Gasteiger partial charge in [-0.1, -0.05) is 196 Å². The van der Waals surface area contributed by atoms with Crippen molar-refractivity contribution in [1.82, 2.24) is 0 Å². The monoisotopic (exact) mass is 852 g/mol. The van der Waals surface area contributed by atoms with E-state index in [4.69, 9.17) is 4.99 Å². The van der Waals surface area contributed by atoms with E-state index >= 15 is 0 Å². The van der Waals surface area contributed by atoms with Gasteiger partial charge in [-0.15, -0.1) is 0 Å². The van der Waals surface area contributed by atoms with Crippen molar-refractivity contribution >= 4 is 61.1 Å². The summed E-state index contributed by atoms with van der Waals surface area (Å²) in [5.74, 6) is 0. The van der Waals surface area contributed by atoms with E-state index in [1.807, 2.05) is 18.4 Å². The van der Waals surface area contributed by atoms with Crippen LogP contribution < -0.4 is 0 Å². The summed E-state index contributed by atoms with van der Waals surface area (Å²) < 4.78 is 0. The molecule has 0 saturated heterocycles. The molecule has 7 aromatic carbocycles. The van der Waals surface area contributed by atoms with Crippen molar-refractivity contribution < 1.29 is 0 Å². The van der Waals surface area contributed by atoms with Crippen molar-refractivity contribution in [2.24, 2.45) is 9.98 Å². The Labute approximate surface area is 391 Å². The van der Waals surface area contributed by atoms with Crippen LogP contribution in [0.25, 0.3) is 60.3 Å². The van der Waals surface area contributed by atoms with Gasteiger partial charge in [-0.05, 0) is 151 Å². The number of nitrogens with zero attached hydrogens (tertiary/aromatic N) is 2. The van der Waals surface area contributed by atoms with Gasteiger partial charge in [0.25, 0.3) is 0 Å². The fraction of sp³-hybridized carbons (Fsp3) is 0.0938. The summed E-state index contributed by atoms with van der Waals surface area (Å²) in [7, 11) is 0. The van der Waals surface area contributed by atoms with Crippen molar-refractivity contribution in [2.75, 3.05) is 0 Å². The second kappa shape index (κ2) is 21.2. The lowest BCUT2D eigenvalue weighted by Gasteiger charge is -2.15. The summed E-state index contributed by atoms with van der Waals surface area (Å²) in [5, 5.41) is 7.64. The predicted octanol–water partition coefficient (Wildman–Crippen LogP) is 17.4. The minimum Gasteiger partial charge on any atom is -0.269 e. The van der Waals surface area contributed by atoms with Crippen LogP contribution in [0.5, 0.6) is 0 Å². The standard InChI is InChI=1S/C64H56N2/c1-7-10-40-65-41-39-48-29-31-52(32-30-48)64(42-45(4)53-23-19-24-55(43-53)56(9-3)57(20-8-2)46(5)49-21-13-11-12-14-22-49)66-47(6)50-33-35-51(36-34-50)54-37-38-62-60-27-16-15-25-58(60)59-26-17-18-28-61(59)63(62)44-54/h7-11,13-20,22-38,40-44H,1,3-4,12,21,39H2,2,5-6H3/b20-8-,40-10-,49-46+,57-56+,64-42-,65-41-,66-47+. The van der Waals surface area contributed by atoms with E-state index in [0.29, 0.717) is 0 Å². The molecule has 0 aliphatic heterocycles. The first kappa shape index (κ1) is 44.7. The summed E-state index contributed by atoms with van der Waals surface area (Å²) in [5.41, 5.74) is 15.1. The van der Waals surface area contributed by atoms with Crippen molar-refractivity contribution in [3.8, 4) is 11.1 Å². The molecule has 1 aliphatic carbocycles. The number of allylic oxidation sites excluding steroid dienone is 15. The van der Waals surface area contributed by atoms with Gasteiger partial charge in [-0.25, -0.2) is 0 Å². The molecule has 2 heteroatoms. The minimum absolute atomic E-state index is 0.719. The molecule has 322 valence electrons. The lowest BCUT2D eigenvalue weighted by molar-refractivity contribution is 1.22. The van der Waals surface area contributed by atoms with Crippen molar-refractivity contribution in [3.05, 3.63) is 271 Å². The van der Waals surface area contributed by atoms with Crippen molar-refractivity contribution in [2.45, 2.75) is 40.0 Å². The molecule has 0 N–H and O–H groups in total. The molecule has 8 rings (SSSR count). The van der Waals surface area contributed by atoms with Crippen LogP contribution in [0.1, 0.15) is 61.4 Å². The minimum atomic E-state index is 0.719. The Kier molecular flexibility index (Phi) is 14.3. The second-order valence-electron chi connectivity index (χ2n) is 16.6. The quantitative estimate of drug-likeness (QED) is 0.0451. The average Bonchev–Trinajstić information content (AvgIpc) is 3.66. The van der Waals surface area contributed by atoms with E-state index in [-0.39, 0.29) is 0 Å². The van der Waals surface area contributed by atoms with Crippen LogP contribution in [0.2, 0.25) is 0 Å². The van der Waals surface area contributed by atoms with Gasteiger partial charge in [0.1, 0.15) is 0 Å². The Morgan fingerprint density at radius 1 is 0.636 bits per heavy atom. The lowest BCUT2D eigenvalue weighted by Crippen LogP contribution is -1.97. The summed E-state index contributed by atoms with van der Waals surface area (Å²) in [6, 6.07) is 50.3. The van der Waals surface area contributed by atoms with E-state index in [9.17, 15) is 0 Å². The maximum atomic E-state index is 5.34. The lowest BCUT2D eigenvalue weighted by atomic mass is 9.90. The molecule has 0 bridgehead atoms. The van der Waals surface area contributed by atoms with Crippen LogP contribution in [0.4, 0.5) is 0 Å². The smallest absolute Gasteiger partial charge is 0.0711 e. The third-order valence-electron chi connectivity index (χ3n) is 12.3. The molecule has 66 heavy (non-hydrogen) atoms. The first-order valence-corrected chi connectivity index (χ1v) is 22.8. The van der Waals surface area contributed by atoms with E-state index in [2.05, 4.69) is 228 Å². The molecule has 7 aromatic rings. The Hall–Kier alpha value is -7.94. The van der Waals surface area contributed by atoms with Crippen molar-refractivity contribution in [1.29, 1.82) is 0 Å². The highest BCUT2D eigenvalue weighted by Gasteiger charge is 2.14. The highest BCUT2D eigenvalue weighted by molar-refractivity contribution is 6.25. The SMILES string of the molecule is C=C/C=C\N=C/Cc1ccc(C(=C/C(=C)c2cccc(/C(C=C)=C(\C=C/C)C(/C)=C3/C=CCC=CC3)c2)/N=C(\C)c2ccc(-c3ccc4c5ccccc5c5ccccc5c4c3)cc2)cc1. The van der Waals surface area contributed by atoms with Gasteiger partial charge < -0.3 is 0 Å². The van der Waals surface area contributed by atoms with Crippen LogP contribution in [-0.2, 0) is 6.42 Å². The first-order valence-electron chi connectivity index (χ1n) is 22.8. The third-order valence-corrected chi connectivity index (χ3v) is 12.3. The maximum Gasteiger partial charge on any atom is 0.0711 e. The van der Waals surface area contributed by atoms with E-state index in [0.717, 1.165) is 80.8 Å². The van der Waals surface area contributed by atoms with Gasteiger partial charge in [-0.3, -0.25) is 9.98 Å². The van der Waals surface area contributed by atoms with Crippen molar-refractivity contribution in [3.63, 3.8) is 0 Å². The van der Waals surface area contributed by atoms with Gasteiger partial charge in [0, 0.05) is 30.1 Å². The fourth-order valence-corrected chi connectivity index (χ4v) is 8.77. The molecule has 0 amide bonds. The van der Waals surface area contributed by atoms with E-state index < -0.39 is 0 Å². The van der Waals surface area contributed by atoms with E-state index in [1.54, 1.807) is 12.3 Å². The summed E-state index contributed by atoms with van der Waals surface area (Å²) in [6.07, 6.45) is 27.1. The molecule has 1 aliphatic rings. The van der Waals surface area contributed by atoms with Gasteiger partial charge >= 0.3 is 0 Å². The van der Waals surface area contributed by atoms with Crippen LogP contribution in [0.3, 0.4) is 0 Å². The topological polar surface area (TPSA) is 24.7 Å². The van der Waals surface area contributed by atoms with Gasteiger partial charge in [-0.2, -0.15) is 0 Å². The summed E-state index contributed by atoms with van der Waals surface area (Å²) in [4.78, 5) is 9.70. The maximum absolute atomic E-state index is 5.34. The number of hydrogen-bond donors (Lipinski definition) is 0. The first-order chi connectivity index (χ1) is 32.4. The average molecular weight is 853 g/mol. The molecular formula is C64H56N2.